The highest BCUT2D eigenvalue weighted by Gasteiger charge is 2.25. The summed E-state index contributed by atoms with van der Waals surface area (Å²) in [6, 6.07) is -0.194. The second-order valence-corrected chi connectivity index (χ2v) is 3.80. The number of carbonyl (C=O) groups excluding carboxylic acids is 1. The van der Waals surface area contributed by atoms with Crippen molar-refractivity contribution in [2.45, 2.75) is 19.4 Å². The first kappa shape index (κ1) is 10.5. The van der Waals surface area contributed by atoms with Gasteiger partial charge in [-0.25, -0.2) is 0 Å². The molecule has 0 radical (unpaired) electrons. The zero-order valence-corrected chi connectivity index (χ0v) is 8.29. The van der Waals surface area contributed by atoms with Crippen molar-refractivity contribution in [3.8, 4) is 0 Å². The second-order valence-electron chi connectivity index (χ2n) is 3.80. The Bertz CT molecular complexity index is 184. The summed E-state index contributed by atoms with van der Waals surface area (Å²) in [4.78, 5) is 13.4. The lowest BCUT2D eigenvalue weighted by atomic mass is 10.2. The van der Waals surface area contributed by atoms with Gasteiger partial charge in [-0.15, -0.1) is 0 Å². The van der Waals surface area contributed by atoms with Crippen molar-refractivity contribution in [2.24, 2.45) is 5.92 Å². The highest BCUT2D eigenvalue weighted by atomic mass is 16.3. The van der Waals surface area contributed by atoms with Gasteiger partial charge in [-0.2, -0.15) is 0 Å². The molecule has 4 heteroatoms. The van der Waals surface area contributed by atoms with E-state index >= 15 is 0 Å². The average Bonchev–Trinajstić information content (AvgIpc) is 2.19. The minimum Gasteiger partial charge on any atom is -0.396 e. The second kappa shape index (κ2) is 4.58. The Labute approximate surface area is 78.9 Å². The molecule has 0 bridgehead atoms. The van der Waals surface area contributed by atoms with Gasteiger partial charge in [0.2, 0.25) is 5.91 Å². The molecule has 0 saturated carbocycles. The van der Waals surface area contributed by atoms with Crippen molar-refractivity contribution in [3.05, 3.63) is 0 Å². The van der Waals surface area contributed by atoms with Gasteiger partial charge in [0.25, 0.3) is 0 Å². The third kappa shape index (κ3) is 2.67. The fraction of sp³-hybridized carbons (Fsp3) is 0.889. The smallest absolute Gasteiger partial charge is 0.239 e. The van der Waals surface area contributed by atoms with E-state index in [-0.39, 0.29) is 18.6 Å². The molecule has 1 aliphatic rings. The van der Waals surface area contributed by atoms with Gasteiger partial charge in [-0.1, -0.05) is 6.92 Å². The molecule has 1 saturated heterocycles. The summed E-state index contributed by atoms with van der Waals surface area (Å²) in [5.41, 5.74) is 0. The highest BCUT2D eigenvalue weighted by molar-refractivity contribution is 5.81. The Balaban J connectivity index is 2.58. The van der Waals surface area contributed by atoms with Crippen LogP contribution >= 0.6 is 0 Å². The maximum atomic E-state index is 11.6. The average molecular weight is 186 g/mol. The molecule has 0 aromatic heterocycles. The van der Waals surface area contributed by atoms with Crippen LogP contribution in [-0.2, 0) is 4.79 Å². The Morgan fingerprint density at radius 3 is 3.00 bits per heavy atom. The molecule has 0 aromatic rings. The van der Waals surface area contributed by atoms with E-state index in [0.717, 1.165) is 13.1 Å². The van der Waals surface area contributed by atoms with Crippen molar-refractivity contribution in [1.82, 2.24) is 10.2 Å². The van der Waals surface area contributed by atoms with E-state index in [1.54, 1.807) is 4.90 Å². The van der Waals surface area contributed by atoms with Crippen LogP contribution in [-0.4, -0.2) is 48.7 Å². The molecular weight excluding hydrogens is 168 g/mol. The monoisotopic (exact) mass is 186 g/mol. The van der Waals surface area contributed by atoms with E-state index in [4.69, 9.17) is 5.11 Å². The summed E-state index contributed by atoms with van der Waals surface area (Å²) in [6.45, 7) is 3.82. The van der Waals surface area contributed by atoms with Crippen LogP contribution in [0.2, 0.25) is 0 Å². The van der Waals surface area contributed by atoms with Crippen LogP contribution in [0.1, 0.15) is 13.3 Å². The molecule has 1 rings (SSSR count). The van der Waals surface area contributed by atoms with Crippen LogP contribution < -0.4 is 5.32 Å². The summed E-state index contributed by atoms with van der Waals surface area (Å²) in [6.07, 6.45) is 0.510. The van der Waals surface area contributed by atoms with Crippen molar-refractivity contribution in [1.29, 1.82) is 0 Å². The number of nitrogens with one attached hydrogen (secondary N) is 1. The lowest BCUT2D eigenvalue weighted by Crippen LogP contribution is -2.42. The molecule has 1 aliphatic heterocycles. The minimum absolute atomic E-state index is 0.0611. The number of hydrogen-bond acceptors (Lipinski definition) is 3. The van der Waals surface area contributed by atoms with E-state index < -0.39 is 0 Å². The maximum absolute atomic E-state index is 11.6. The summed E-state index contributed by atoms with van der Waals surface area (Å²) in [5.74, 6) is 0.580. The third-order valence-corrected chi connectivity index (χ3v) is 2.39. The Morgan fingerprint density at radius 1 is 1.69 bits per heavy atom. The number of amides is 1. The van der Waals surface area contributed by atoms with Crippen molar-refractivity contribution in [2.75, 3.05) is 26.7 Å². The van der Waals surface area contributed by atoms with Gasteiger partial charge >= 0.3 is 0 Å². The van der Waals surface area contributed by atoms with Crippen LogP contribution in [0.25, 0.3) is 0 Å². The molecule has 1 amide bonds. The topological polar surface area (TPSA) is 52.6 Å². The summed E-state index contributed by atoms with van der Waals surface area (Å²) in [5, 5.41) is 11.9. The molecule has 2 unspecified atom stereocenters. The predicted octanol–water partition coefficient (Wildman–Crippen LogP) is -0.565. The first-order valence-electron chi connectivity index (χ1n) is 4.74. The van der Waals surface area contributed by atoms with E-state index in [2.05, 4.69) is 12.2 Å². The third-order valence-electron chi connectivity index (χ3n) is 2.39. The quantitative estimate of drug-likeness (QED) is 0.607. The first-order valence-corrected chi connectivity index (χ1v) is 4.74. The van der Waals surface area contributed by atoms with Gasteiger partial charge in [-0.3, -0.25) is 4.79 Å². The van der Waals surface area contributed by atoms with Gasteiger partial charge in [0.05, 0.1) is 6.04 Å². The van der Waals surface area contributed by atoms with Crippen LogP contribution in [0.5, 0.6) is 0 Å². The minimum atomic E-state index is -0.194. The molecule has 13 heavy (non-hydrogen) atoms. The molecule has 1 fully saturated rings. The van der Waals surface area contributed by atoms with E-state index in [9.17, 15) is 4.79 Å². The number of hydrogen-bond donors (Lipinski definition) is 2. The summed E-state index contributed by atoms with van der Waals surface area (Å²) < 4.78 is 0. The molecule has 1 heterocycles. The molecule has 0 spiro atoms. The molecular formula is C9H18N2O2. The van der Waals surface area contributed by atoms with Crippen molar-refractivity contribution in [3.63, 3.8) is 0 Å². The molecule has 76 valence electrons. The van der Waals surface area contributed by atoms with Gasteiger partial charge in [0, 0.05) is 26.7 Å². The maximum Gasteiger partial charge on any atom is 0.239 e. The van der Waals surface area contributed by atoms with Gasteiger partial charge in [0.1, 0.15) is 0 Å². The van der Waals surface area contributed by atoms with Crippen molar-refractivity contribution >= 4 is 5.91 Å². The number of likely N-dealkylation sites (N-methyl/N-ethyl adjacent to an activating group) is 1. The SMILES string of the molecule is CC1CNC(CCO)C(=O)N(C)C1. The van der Waals surface area contributed by atoms with E-state index in [0.29, 0.717) is 12.3 Å². The lowest BCUT2D eigenvalue weighted by molar-refractivity contribution is -0.131. The fourth-order valence-electron chi connectivity index (χ4n) is 1.67. The van der Waals surface area contributed by atoms with E-state index in [1.165, 1.54) is 0 Å². The predicted molar refractivity (Wildman–Crippen MR) is 50.3 cm³/mol. The normalized spacial score (nSPS) is 30.4. The Kier molecular flexibility index (Phi) is 3.69. The van der Waals surface area contributed by atoms with Crippen molar-refractivity contribution < 1.29 is 9.90 Å². The number of aliphatic hydroxyl groups is 1. The molecule has 0 aromatic carbocycles. The lowest BCUT2D eigenvalue weighted by Gasteiger charge is -2.19. The van der Waals surface area contributed by atoms with Crippen LogP contribution in [0.4, 0.5) is 0 Å². The van der Waals surface area contributed by atoms with Crippen LogP contribution in [0, 0.1) is 5.92 Å². The van der Waals surface area contributed by atoms with Gasteiger partial charge in [-0.05, 0) is 12.3 Å². The number of rotatable bonds is 2. The van der Waals surface area contributed by atoms with Gasteiger partial charge < -0.3 is 15.3 Å². The zero-order chi connectivity index (χ0) is 9.84. The van der Waals surface area contributed by atoms with Crippen LogP contribution in [0.3, 0.4) is 0 Å². The molecule has 2 N–H and O–H groups in total. The largest absolute Gasteiger partial charge is 0.396 e. The molecule has 0 aliphatic carbocycles. The zero-order valence-electron chi connectivity index (χ0n) is 8.29. The standard InChI is InChI=1S/C9H18N2O2/c1-7-5-10-8(3-4-12)9(13)11(2)6-7/h7-8,10,12H,3-6H2,1-2H3. The number of aliphatic hydroxyl groups excluding tert-OH is 1. The van der Waals surface area contributed by atoms with Gasteiger partial charge in [0.15, 0.2) is 0 Å². The molecule has 4 nitrogen and oxygen atoms in total. The summed E-state index contributed by atoms with van der Waals surface area (Å²) >= 11 is 0. The number of carbonyl (C=O) groups is 1. The number of nitrogens with zero attached hydrogens (tertiary/aromatic N) is 1. The first-order chi connectivity index (χ1) is 6.15. The highest BCUT2D eigenvalue weighted by Crippen LogP contribution is 2.07. The Hall–Kier alpha value is -0.610. The Morgan fingerprint density at radius 2 is 2.38 bits per heavy atom. The summed E-state index contributed by atoms with van der Waals surface area (Å²) in [7, 11) is 1.82. The molecule has 2 atom stereocenters. The van der Waals surface area contributed by atoms with Crippen LogP contribution in [0.15, 0.2) is 0 Å². The fourth-order valence-corrected chi connectivity index (χ4v) is 1.67. The van der Waals surface area contributed by atoms with E-state index in [1.807, 2.05) is 7.05 Å².